The van der Waals surface area contributed by atoms with Crippen molar-refractivity contribution in [3.63, 3.8) is 0 Å². The average molecular weight is 305 g/mol. The minimum atomic E-state index is -0.192. The van der Waals surface area contributed by atoms with E-state index in [1.165, 1.54) is 15.8 Å². The van der Waals surface area contributed by atoms with Gasteiger partial charge in [-0.25, -0.2) is 4.39 Å². The van der Waals surface area contributed by atoms with Crippen LogP contribution < -0.4 is 10.6 Å². The molecule has 0 saturated carbocycles. The highest BCUT2D eigenvalue weighted by Crippen LogP contribution is 2.14. The first-order chi connectivity index (χ1) is 10.2. The summed E-state index contributed by atoms with van der Waals surface area (Å²) in [5, 5.41) is 6.51. The number of nitrogens with one attached hydrogen (secondary N) is 2. The molecule has 0 spiro atoms. The number of thiophene rings is 1. The molecule has 5 heteroatoms. The standard InChI is InChI=1S/C16H20FN3S/c1-12-6-7-15(21-12)11-20-16(18-2)19-9-8-13-4-3-5-14(17)10-13/h3-7,10H,8-9,11H2,1-2H3,(H2,18,19,20). The van der Waals surface area contributed by atoms with Crippen LogP contribution in [0.2, 0.25) is 0 Å². The maximum Gasteiger partial charge on any atom is 0.191 e. The topological polar surface area (TPSA) is 36.4 Å². The van der Waals surface area contributed by atoms with Gasteiger partial charge in [0.1, 0.15) is 5.82 Å². The predicted octanol–water partition coefficient (Wildman–Crippen LogP) is 3.10. The summed E-state index contributed by atoms with van der Waals surface area (Å²) in [4.78, 5) is 6.77. The summed E-state index contributed by atoms with van der Waals surface area (Å²) >= 11 is 1.78. The first kappa shape index (κ1) is 15.5. The lowest BCUT2D eigenvalue weighted by atomic mass is 10.1. The van der Waals surface area contributed by atoms with Gasteiger partial charge in [0.25, 0.3) is 0 Å². The normalized spacial score (nSPS) is 11.5. The zero-order valence-corrected chi connectivity index (χ0v) is 13.1. The zero-order valence-electron chi connectivity index (χ0n) is 12.3. The molecule has 1 aromatic carbocycles. The molecule has 0 radical (unpaired) electrons. The number of nitrogens with zero attached hydrogens (tertiary/aromatic N) is 1. The molecule has 2 N–H and O–H groups in total. The number of benzene rings is 1. The van der Waals surface area contributed by atoms with Gasteiger partial charge in [0.05, 0.1) is 6.54 Å². The van der Waals surface area contributed by atoms with E-state index in [1.54, 1.807) is 30.5 Å². The maximum atomic E-state index is 13.1. The summed E-state index contributed by atoms with van der Waals surface area (Å²) in [7, 11) is 1.75. The Kier molecular flexibility index (Phi) is 5.75. The molecule has 0 unspecified atom stereocenters. The van der Waals surface area contributed by atoms with Crippen molar-refractivity contribution < 1.29 is 4.39 Å². The number of hydrogen-bond donors (Lipinski definition) is 2. The summed E-state index contributed by atoms with van der Waals surface area (Å²) in [6, 6.07) is 10.9. The highest BCUT2D eigenvalue weighted by atomic mass is 32.1. The lowest BCUT2D eigenvalue weighted by Gasteiger charge is -2.11. The lowest BCUT2D eigenvalue weighted by Crippen LogP contribution is -2.37. The van der Waals surface area contributed by atoms with E-state index in [2.05, 4.69) is 34.7 Å². The molecule has 0 amide bonds. The van der Waals surface area contributed by atoms with Crippen molar-refractivity contribution in [2.24, 2.45) is 4.99 Å². The molecule has 0 atom stereocenters. The van der Waals surface area contributed by atoms with E-state index < -0.39 is 0 Å². The Labute approximate surface area is 128 Å². The number of hydrogen-bond acceptors (Lipinski definition) is 2. The van der Waals surface area contributed by atoms with Crippen molar-refractivity contribution in [3.05, 3.63) is 57.5 Å². The van der Waals surface area contributed by atoms with E-state index in [1.807, 2.05) is 6.07 Å². The van der Waals surface area contributed by atoms with E-state index in [4.69, 9.17) is 0 Å². The third kappa shape index (κ3) is 5.19. The molecule has 0 aliphatic heterocycles. The van der Waals surface area contributed by atoms with Crippen LogP contribution in [0.4, 0.5) is 4.39 Å². The average Bonchev–Trinajstić information content (AvgIpc) is 2.88. The number of rotatable bonds is 5. The summed E-state index contributed by atoms with van der Waals surface area (Å²) in [5.74, 6) is 0.570. The van der Waals surface area contributed by atoms with Crippen molar-refractivity contribution in [3.8, 4) is 0 Å². The van der Waals surface area contributed by atoms with Crippen LogP contribution in [0.25, 0.3) is 0 Å². The molecule has 1 heterocycles. The fraction of sp³-hybridized carbons (Fsp3) is 0.312. The van der Waals surface area contributed by atoms with Crippen molar-refractivity contribution >= 4 is 17.3 Å². The summed E-state index contributed by atoms with van der Waals surface area (Å²) in [5.41, 5.74) is 0.979. The third-order valence-corrected chi connectivity index (χ3v) is 4.05. The quantitative estimate of drug-likeness (QED) is 0.658. The van der Waals surface area contributed by atoms with Gasteiger partial charge in [0.15, 0.2) is 5.96 Å². The van der Waals surface area contributed by atoms with Crippen molar-refractivity contribution in [1.82, 2.24) is 10.6 Å². The molecule has 2 rings (SSSR count). The Balaban J connectivity index is 1.75. The fourth-order valence-electron chi connectivity index (χ4n) is 1.99. The van der Waals surface area contributed by atoms with Gasteiger partial charge in [-0.15, -0.1) is 11.3 Å². The molecule has 0 aliphatic carbocycles. The van der Waals surface area contributed by atoms with Crippen LogP contribution in [0.5, 0.6) is 0 Å². The number of guanidine groups is 1. The first-order valence-electron chi connectivity index (χ1n) is 6.91. The lowest BCUT2D eigenvalue weighted by molar-refractivity contribution is 0.625. The van der Waals surface area contributed by atoms with E-state index in [-0.39, 0.29) is 5.82 Å². The van der Waals surface area contributed by atoms with Crippen LogP contribution in [-0.4, -0.2) is 19.6 Å². The number of aliphatic imine (C=N–C) groups is 1. The van der Waals surface area contributed by atoms with E-state index in [9.17, 15) is 4.39 Å². The molecule has 112 valence electrons. The molecule has 3 nitrogen and oxygen atoms in total. The van der Waals surface area contributed by atoms with Crippen molar-refractivity contribution in [2.45, 2.75) is 19.9 Å². The predicted molar refractivity (Wildman–Crippen MR) is 87.4 cm³/mol. The third-order valence-electron chi connectivity index (χ3n) is 3.04. The molecule has 0 aliphatic rings. The second kappa shape index (κ2) is 7.78. The monoisotopic (exact) mass is 305 g/mol. The molecule has 0 fully saturated rings. The molecule has 0 bridgehead atoms. The van der Waals surface area contributed by atoms with Gasteiger partial charge >= 0.3 is 0 Å². The number of aryl methyl sites for hydroxylation is 1. The van der Waals surface area contributed by atoms with Gasteiger partial charge in [-0.05, 0) is 43.2 Å². The summed E-state index contributed by atoms with van der Waals surface area (Å²) in [6.07, 6.45) is 0.760. The first-order valence-corrected chi connectivity index (χ1v) is 7.73. The molecular formula is C16H20FN3S. The summed E-state index contributed by atoms with van der Waals surface area (Å²) in [6.45, 7) is 3.57. The Hall–Kier alpha value is -1.88. The zero-order chi connectivity index (χ0) is 15.1. The highest BCUT2D eigenvalue weighted by Gasteiger charge is 2.01. The number of halogens is 1. The van der Waals surface area contributed by atoms with E-state index in [0.29, 0.717) is 6.54 Å². The molecule has 21 heavy (non-hydrogen) atoms. The molecule has 2 aromatic rings. The minimum Gasteiger partial charge on any atom is -0.356 e. The van der Waals surface area contributed by atoms with Crippen LogP contribution in [0.15, 0.2) is 41.4 Å². The molecule has 1 aromatic heterocycles. The minimum absolute atomic E-state index is 0.192. The van der Waals surface area contributed by atoms with Crippen LogP contribution in [0.1, 0.15) is 15.3 Å². The van der Waals surface area contributed by atoms with Crippen molar-refractivity contribution in [1.29, 1.82) is 0 Å². The van der Waals surface area contributed by atoms with Crippen LogP contribution in [0.3, 0.4) is 0 Å². The highest BCUT2D eigenvalue weighted by molar-refractivity contribution is 7.11. The van der Waals surface area contributed by atoms with E-state index >= 15 is 0 Å². The van der Waals surface area contributed by atoms with Crippen LogP contribution in [0, 0.1) is 12.7 Å². The summed E-state index contributed by atoms with van der Waals surface area (Å²) < 4.78 is 13.1. The SMILES string of the molecule is CN=C(NCCc1cccc(F)c1)NCc1ccc(C)s1. The molecular weight excluding hydrogens is 285 g/mol. The van der Waals surface area contributed by atoms with Gasteiger partial charge in [-0.3, -0.25) is 4.99 Å². The Morgan fingerprint density at radius 3 is 2.76 bits per heavy atom. The van der Waals surface area contributed by atoms with Gasteiger partial charge < -0.3 is 10.6 Å². The Bertz CT molecular complexity index is 607. The Morgan fingerprint density at radius 2 is 2.10 bits per heavy atom. The second-order valence-electron chi connectivity index (χ2n) is 4.74. The van der Waals surface area contributed by atoms with Gasteiger partial charge in [-0.1, -0.05) is 12.1 Å². The van der Waals surface area contributed by atoms with Crippen LogP contribution in [-0.2, 0) is 13.0 Å². The van der Waals surface area contributed by atoms with Crippen molar-refractivity contribution in [2.75, 3.05) is 13.6 Å². The fourth-order valence-corrected chi connectivity index (χ4v) is 2.82. The second-order valence-corrected chi connectivity index (χ2v) is 6.12. The molecule has 0 saturated heterocycles. The van der Waals surface area contributed by atoms with Gasteiger partial charge in [0, 0.05) is 23.3 Å². The van der Waals surface area contributed by atoms with Crippen LogP contribution >= 0.6 is 11.3 Å². The largest absolute Gasteiger partial charge is 0.356 e. The maximum absolute atomic E-state index is 13.1. The van der Waals surface area contributed by atoms with Gasteiger partial charge in [0.2, 0.25) is 0 Å². The van der Waals surface area contributed by atoms with E-state index in [0.717, 1.165) is 24.5 Å². The Morgan fingerprint density at radius 1 is 1.24 bits per heavy atom. The smallest absolute Gasteiger partial charge is 0.191 e. The van der Waals surface area contributed by atoms with Gasteiger partial charge in [-0.2, -0.15) is 0 Å².